The van der Waals surface area contributed by atoms with Crippen molar-refractivity contribution in [1.29, 1.82) is 0 Å². The van der Waals surface area contributed by atoms with E-state index >= 15 is 0 Å². The third kappa shape index (κ3) is 4.53. The molecule has 7 nitrogen and oxygen atoms in total. The van der Waals surface area contributed by atoms with Crippen LogP contribution >= 0.6 is 0 Å². The van der Waals surface area contributed by atoms with E-state index in [0.29, 0.717) is 11.5 Å². The molecule has 2 heterocycles. The summed E-state index contributed by atoms with van der Waals surface area (Å²) in [5, 5.41) is 7.30. The smallest absolute Gasteiger partial charge is 0.290 e. The van der Waals surface area contributed by atoms with Gasteiger partial charge in [0.25, 0.3) is 5.56 Å². The number of hydrogen-bond acceptors (Lipinski definition) is 5. The molecule has 1 aliphatic rings. The summed E-state index contributed by atoms with van der Waals surface area (Å²) in [7, 11) is 0. The van der Waals surface area contributed by atoms with E-state index in [1.54, 1.807) is 6.07 Å². The molecule has 7 heteroatoms. The Labute approximate surface area is 152 Å². The van der Waals surface area contributed by atoms with Crippen molar-refractivity contribution < 1.29 is 9.21 Å². The minimum atomic E-state index is -0.468. The first-order chi connectivity index (χ1) is 12.5. The minimum Gasteiger partial charge on any atom is -0.460 e. The van der Waals surface area contributed by atoms with E-state index in [0.717, 1.165) is 36.1 Å². The number of nitrogen functional groups attached to an aromatic ring is 1. The molecule has 2 aromatic rings. The molecule has 0 aliphatic heterocycles. The summed E-state index contributed by atoms with van der Waals surface area (Å²) in [6.45, 7) is 1.68. The molecule has 0 atom stereocenters. The van der Waals surface area contributed by atoms with Crippen LogP contribution in [-0.2, 0) is 11.3 Å². The number of aryl methyl sites for hydroxylation is 1. The van der Waals surface area contributed by atoms with Gasteiger partial charge in [0.1, 0.15) is 23.7 Å². The Balaban J connectivity index is 1.72. The molecular formula is C19H26N4O3. The molecular weight excluding hydrogens is 332 g/mol. The van der Waals surface area contributed by atoms with Gasteiger partial charge in [0, 0.05) is 6.04 Å². The van der Waals surface area contributed by atoms with Gasteiger partial charge in [0.2, 0.25) is 5.91 Å². The maximum Gasteiger partial charge on any atom is 0.290 e. The lowest BCUT2D eigenvalue weighted by atomic mass is 9.97. The van der Waals surface area contributed by atoms with E-state index in [1.807, 2.05) is 13.0 Å². The molecule has 0 radical (unpaired) electrons. The summed E-state index contributed by atoms with van der Waals surface area (Å²) in [4.78, 5) is 24.7. The Bertz CT molecular complexity index is 816. The van der Waals surface area contributed by atoms with Gasteiger partial charge in [-0.3, -0.25) is 9.59 Å². The maximum absolute atomic E-state index is 12.4. The molecule has 0 spiro atoms. The summed E-state index contributed by atoms with van der Waals surface area (Å²) < 4.78 is 6.65. The first-order valence-corrected chi connectivity index (χ1v) is 9.27. The standard InChI is InChI=1S/C19H26N4O3/c1-13-9-10-17(26-13)16-11-15(20)19(25)23(22-16)12-18(24)21-14-7-5-3-2-4-6-8-14/h9-11,14H,2-8,12,20H2,1H3,(H,21,24). The first kappa shape index (κ1) is 18.2. The highest BCUT2D eigenvalue weighted by Crippen LogP contribution is 2.20. The van der Waals surface area contributed by atoms with E-state index in [2.05, 4.69) is 10.4 Å². The normalized spacial score (nSPS) is 16.0. The lowest BCUT2D eigenvalue weighted by molar-refractivity contribution is -0.122. The van der Waals surface area contributed by atoms with Gasteiger partial charge in [-0.25, -0.2) is 4.68 Å². The Morgan fingerprint density at radius 3 is 2.62 bits per heavy atom. The third-order valence-electron chi connectivity index (χ3n) is 4.76. The Morgan fingerprint density at radius 1 is 1.27 bits per heavy atom. The summed E-state index contributed by atoms with van der Waals surface area (Å²) in [6, 6.07) is 5.22. The highest BCUT2D eigenvalue weighted by Gasteiger charge is 2.17. The van der Waals surface area contributed by atoms with Gasteiger partial charge in [0.05, 0.1) is 0 Å². The topological polar surface area (TPSA) is 103 Å². The zero-order chi connectivity index (χ0) is 18.5. The number of carbonyl (C=O) groups excluding carboxylic acids is 1. The van der Waals surface area contributed by atoms with Crippen LogP contribution in [0.15, 0.2) is 27.4 Å². The molecule has 0 bridgehead atoms. The fourth-order valence-electron chi connectivity index (χ4n) is 3.37. The molecule has 140 valence electrons. The van der Waals surface area contributed by atoms with Crippen LogP contribution in [0.5, 0.6) is 0 Å². The number of nitrogens with one attached hydrogen (secondary N) is 1. The fourth-order valence-corrected chi connectivity index (χ4v) is 3.37. The van der Waals surface area contributed by atoms with Crippen LogP contribution in [0.3, 0.4) is 0 Å². The van der Waals surface area contributed by atoms with Crippen LogP contribution in [0, 0.1) is 6.92 Å². The molecule has 0 saturated heterocycles. The van der Waals surface area contributed by atoms with Crippen LogP contribution in [0.2, 0.25) is 0 Å². The van der Waals surface area contributed by atoms with E-state index < -0.39 is 5.56 Å². The molecule has 3 rings (SSSR count). The van der Waals surface area contributed by atoms with Crippen molar-refractivity contribution in [2.24, 2.45) is 0 Å². The second-order valence-electron chi connectivity index (χ2n) is 6.97. The monoisotopic (exact) mass is 358 g/mol. The molecule has 0 unspecified atom stereocenters. The first-order valence-electron chi connectivity index (χ1n) is 9.27. The molecule has 26 heavy (non-hydrogen) atoms. The van der Waals surface area contributed by atoms with Crippen molar-refractivity contribution in [2.45, 2.75) is 64.5 Å². The number of hydrogen-bond donors (Lipinski definition) is 2. The molecule has 1 fully saturated rings. The lowest BCUT2D eigenvalue weighted by Crippen LogP contribution is -2.40. The highest BCUT2D eigenvalue weighted by molar-refractivity contribution is 5.76. The van der Waals surface area contributed by atoms with Gasteiger partial charge < -0.3 is 15.5 Å². The maximum atomic E-state index is 12.4. The summed E-state index contributed by atoms with van der Waals surface area (Å²) in [5.74, 6) is 1.04. The molecule has 2 aromatic heterocycles. The second-order valence-corrected chi connectivity index (χ2v) is 6.97. The number of anilines is 1. The lowest BCUT2D eigenvalue weighted by Gasteiger charge is -2.21. The number of amides is 1. The van der Waals surface area contributed by atoms with E-state index in [1.165, 1.54) is 25.3 Å². The summed E-state index contributed by atoms with van der Waals surface area (Å²) in [6.07, 6.45) is 7.94. The predicted octanol–water partition coefficient (Wildman–Crippen LogP) is 2.62. The molecule has 3 N–H and O–H groups in total. The quantitative estimate of drug-likeness (QED) is 0.874. The Morgan fingerprint density at radius 2 is 1.96 bits per heavy atom. The van der Waals surface area contributed by atoms with Crippen molar-refractivity contribution in [3.05, 3.63) is 34.3 Å². The van der Waals surface area contributed by atoms with Crippen molar-refractivity contribution in [3.63, 3.8) is 0 Å². The van der Waals surface area contributed by atoms with Crippen LogP contribution in [0.4, 0.5) is 5.69 Å². The van der Waals surface area contributed by atoms with Crippen molar-refractivity contribution >= 4 is 11.6 Å². The van der Waals surface area contributed by atoms with Crippen LogP contribution < -0.4 is 16.6 Å². The minimum absolute atomic E-state index is 0.0443. The zero-order valence-electron chi connectivity index (χ0n) is 15.2. The fraction of sp³-hybridized carbons (Fsp3) is 0.526. The van der Waals surface area contributed by atoms with Crippen LogP contribution in [-0.4, -0.2) is 21.7 Å². The van der Waals surface area contributed by atoms with Crippen LogP contribution in [0.1, 0.15) is 50.7 Å². The van der Waals surface area contributed by atoms with Gasteiger partial charge in [-0.2, -0.15) is 5.10 Å². The molecule has 0 aromatic carbocycles. The largest absolute Gasteiger partial charge is 0.460 e. The number of rotatable bonds is 4. The molecule has 1 saturated carbocycles. The summed E-state index contributed by atoms with van der Waals surface area (Å²) >= 11 is 0. The Kier molecular flexibility index (Phi) is 5.75. The van der Waals surface area contributed by atoms with Gasteiger partial charge in [-0.1, -0.05) is 32.1 Å². The van der Waals surface area contributed by atoms with Crippen molar-refractivity contribution in [1.82, 2.24) is 15.1 Å². The van der Waals surface area contributed by atoms with E-state index in [9.17, 15) is 9.59 Å². The molecule has 1 amide bonds. The van der Waals surface area contributed by atoms with E-state index in [-0.39, 0.29) is 24.2 Å². The number of carbonyl (C=O) groups is 1. The van der Waals surface area contributed by atoms with Crippen molar-refractivity contribution in [3.8, 4) is 11.5 Å². The third-order valence-corrected chi connectivity index (χ3v) is 4.76. The number of aromatic nitrogens is 2. The van der Waals surface area contributed by atoms with Gasteiger partial charge in [0.15, 0.2) is 5.76 Å². The average Bonchev–Trinajstić information content (AvgIpc) is 3.00. The van der Waals surface area contributed by atoms with Gasteiger partial charge >= 0.3 is 0 Å². The SMILES string of the molecule is Cc1ccc(-c2cc(N)c(=O)n(CC(=O)NC3CCCCCCC3)n2)o1. The van der Waals surface area contributed by atoms with Crippen molar-refractivity contribution in [2.75, 3.05) is 5.73 Å². The zero-order valence-corrected chi connectivity index (χ0v) is 15.2. The molecule has 1 aliphatic carbocycles. The summed E-state index contributed by atoms with van der Waals surface area (Å²) in [5.41, 5.74) is 5.83. The predicted molar refractivity (Wildman–Crippen MR) is 99.6 cm³/mol. The number of furan rings is 1. The average molecular weight is 358 g/mol. The van der Waals surface area contributed by atoms with Gasteiger partial charge in [-0.05, 0) is 38.0 Å². The van der Waals surface area contributed by atoms with E-state index in [4.69, 9.17) is 10.2 Å². The Hall–Kier alpha value is -2.57. The van der Waals surface area contributed by atoms with Gasteiger partial charge in [-0.15, -0.1) is 0 Å². The van der Waals surface area contributed by atoms with Crippen LogP contribution in [0.25, 0.3) is 11.5 Å². The number of nitrogens with two attached hydrogens (primary N) is 1. The number of nitrogens with zero attached hydrogens (tertiary/aromatic N) is 2. The highest BCUT2D eigenvalue weighted by atomic mass is 16.3. The second kappa shape index (κ2) is 8.21.